The Labute approximate surface area is 164 Å². The van der Waals surface area contributed by atoms with E-state index < -0.39 is 33.5 Å². The van der Waals surface area contributed by atoms with Crippen LogP contribution in [0.3, 0.4) is 0 Å². The van der Waals surface area contributed by atoms with E-state index in [1.807, 2.05) is 0 Å². The third-order valence-corrected chi connectivity index (χ3v) is 4.09. The number of methoxy groups -OCH3 is 1. The third-order valence-electron chi connectivity index (χ3n) is 4.09. The van der Waals surface area contributed by atoms with Gasteiger partial charge in [0.1, 0.15) is 0 Å². The minimum Gasteiger partial charge on any atom is -0.490 e. The molecule has 1 fully saturated rings. The van der Waals surface area contributed by atoms with Crippen LogP contribution in [0.2, 0.25) is 0 Å². The minimum atomic E-state index is -0.989. The summed E-state index contributed by atoms with van der Waals surface area (Å²) in [4.78, 5) is 33.5. The summed E-state index contributed by atoms with van der Waals surface area (Å²) in [5, 5.41) is 22.5. The number of nitrogens with zero attached hydrogens (tertiary/aromatic N) is 2. The van der Waals surface area contributed by atoms with Gasteiger partial charge in [-0.3, -0.25) is 20.2 Å². The third kappa shape index (κ3) is 4.47. The van der Waals surface area contributed by atoms with Crippen LogP contribution < -0.4 is 9.47 Å². The van der Waals surface area contributed by atoms with Crippen molar-refractivity contribution in [1.29, 1.82) is 0 Å². The Balaban J connectivity index is 1.87. The van der Waals surface area contributed by atoms with Crippen molar-refractivity contribution in [3.05, 3.63) is 67.8 Å². The molecule has 1 aliphatic heterocycles. The summed E-state index contributed by atoms with van der Waals surface area (Å²) in [6.07, 6.45) is -0.0149. The first-order valence-corrected chi connectivity index (χ1v) is 8.47. The van der Waals surface area contributed by atoms with Crippen LogP contribution in [0.4, 0.5) is 11.4 Å². The van der Waals surface area contributed by atoms with Gasteiger partial charge in [0.2, 0.25) is 5.75 Å². The Morgan fingerprint density at radius 3 is 2.24 bits per heavy atom. The van der Waals surface area contributed by atoms with Gasteiger partial charge in [0.05, 0.1) is 35.7 Å². The lowest BCUT2D eigenvalue weighted by molar-refractivity contribution is -0.385. The van der Waals surface area contributed by atoms with Crippen LogP contribution in [0, 0.1) is 20.2 Å². The van der Waals surface area contributed by atoms with Crippen molar-refractivity contribution < 1.29 is 33.6 Å². The number of rotatable bonds is 6. The molecule has 0 unspecified atom stereocenters. The predicted molar refractivity (Wildman–Crippen MR) is 97.0 cm³/mol. The molecular weight excluding hydrogens is 388 g/mol. The number of benzene rings is 2. The summed E-state index contributed by atoms with van der Waals surface area (Å²) >= 11 is 0. The molecule has 1 aliphatic rings. The van der Waals surface area contributed by atoms with Crippen LogP contribution in [-0.4, -0.2) is 36.1 Å². The van der Waals surface area contributed by atoms with E-state index in [4.69, 9.17) is 18.9 Å². The molecule has 0 saturated carbocycles. The number of nitro groups is 2. The first-order valence-electron chi connectivity index (χ1n) is 8.47. The molecule has 0 atom stereocenters. The highest BCUT2D eigenvalue weighted by molar-refractivity contribution is 5.92. The van der Waals surface area contributed by atoms with Gasteiger partial charge >= 0.3 is 17.3 Å². The Hall–Kier alpha value is -3.57. The topological polar surface area (TPSA) is 140 Å². The van der Waals surface area contributed by atoms with Crippen LogP contribution in [0.1, 0.15) is 28.6 Å². The number of ether oxygens (including phenoxy) is 4. The van der Waals surface area contributed by atoms with E-state index in [9.17, 15) is 25.0 Å². The maximum atomic E-state index is 12.4. The van der Waals surface area contributed by atoms with Crippen LogP contribution >= 0.6 is 0 Å². The van der Waals surface area contributed by atoms with E-state index in [0.29, 0.717) is 18.8 Å². The molecule has 0 N–H and O–H groups in total. The fraction of sp³-hybridized carbons (Fsp3) is 0.278. The standard InChI is InChI=1S/C18H16N2O9/c1-26-15-5-3-11(9-13(15)19(22)23)17(21)29-16-6-4-12(10-14(16)20(24)25)18-27-7-2-8-28-18/h3-6,9-10,18H,2,7-8H2,1H3. The summed E-state index contributed by atoms with van der Waals surface area (Å²) in [5.41, 5.74) is -0.638. The average Bonchev–Trinajstić information content (AvgIpc) is 2.73. The van der Waals surface area contributed by atoms with Gasteiger partial charge in [-0.15, -0.1) is 0 Å². The molecule has 2 aromatic carbocycles. The van der Waals surface area contributed by atoms with Crippen LogP contribution in [0.15, 0.2) is 36.4 Å². The van der Waals surface area contributed by atoms with Gasteiger partial charge in [-0.2, -0.15) is 0 Å². The quantitative estimate of drug-likeness (QED) is 0.307. The first kappa shape index (κ1) is 20.2. The summed E-state index contributed by atoms with van der Waals surface area (Å²) in [7, 11) is 1.25. The lowest BCUT2D eigenvalue weighted by Gasteiger charge is -2.23. The summed E-state index contributed by atoms with van der Waals surface area (Å²) < 4.78 is 20.8. The number of carbonyl (C=O) groups excluding carboxylic acids is 1. The molecule has 0 radical (unpaired) electrons. The zero-order chi connectivity index (χ0) is 21.0. The second-order valence-corrected chi connectivity index (χ2v) is 5.94. The zero-order valence-corrected chi connectivity index (χ0v) is 15.2. The highest BCUT2D eigenvalue weighted by atomic mass is 16.7. The first-order chi connectivity index (χ1) is 13.9. The summed E-state index contributed by atoms with van der Waals surface area (Å²) in [6, 6.07) is 7.43. The molecule has 0 spiro atoms. The number of carbonyl (C=O) groups is 1. The van der Waals surface area contributed by atoms with Crippen molar-refractivity contribution >= 4 is 17.3 Å². The van der Waals surface area contributed by atoms with E-state index in [1.165, 1.54) is 37.4 Å². The van der Waals surface area contributed by atoms with E-state index in [-0.39, 0.29) is 17.1 Å². The molecular formula is C18H16N2O9. The van der Waals surface area contributed by atoms with Gasteiger partial charge in [0.25, 0.3) is 0 Å². The molecule has 1 heterocycles. The highest BCUT2D eigenvalue weighted by Gasteiger charge is 2.25. The largest absolute Gasteiger partial charge is 0.490 e. The lowest BCUT2D eigenvalue weighted by atomic mass is 10.1. The molecule has 1 saturated heterocycles. The molecule has 29 heavy (non-hydrogen) atoms. The second kappa shape index (κ2) is 8.63. The molecule has 152 valence electrons. The van der Waals surface area contributed by atoms with Gasteiger partial charge < -0.3 is 18.9 Å². The molecule has 0 aromatic heterocycles. The van der Waals surface area contributed by atoms with Gasteiger partial charge in [-0.25, -0.2) is 4.79 Å². The van der Waals surface area contributed by atoms with E-state index in [2.05, 4.69) is 0 Å². The molecule has 3 rings (SSSR count). The Kier molecular flexibility index (Phi) is 6.00. The van der Waals surface area contributed by atoms with Crippen molar-refractivity contribution in [1.82, 2.24) is 0 Å². The van der Waals surface area contributed by atoms with Crippen LogP contribution in [-0.2, 0) is 9.47 Å². The van der Waals surface area contributed by atoms with Crippen molar-refractivity contribution in [2.24, 2.45) is 0 Å². The fourth-order valence-electron chi connectivity index (χ4n) is 2.71. The molecule has 0 amide bonds. The monoisotopic (exact) mass is 404 g/mol. The Morgan fingerprint density at radius 2 is 1.62 bits per heavy atom. The number of nitro benzene ring substituents is 2. The molecule has 0 bridgehead atoms. The molecule has 2 aromatic rings. The maximum absolute atomic E-state index is 12.4. The SMILES string of the molecule is COc1ccc(C(=O)Oc2ccc(C3OCCCO3)cc2[N+](=O)[O-])cc1[N+](=O)[O-]. The van der Waals surface area contributed by atoms with Crippen LogP contribution in [0.25, 0.3) is 0 Å². The molecule has 11 nitrogen and oxygen atoms in total. The number of esters is 1. The van der Waals surface area contributed by atoms with Gasteiger partial charge in [0, 0.05) is 17.7 Å². The Morgan fingerprint density at radius 1 is 1.00 bits per heavy atom. The van der Waals surface area contributed by atoms with Crippen molar-refractivity contribution in [2.45, 2.75) is 12.7 Å². The maximum Gasteiger partial charge on any atom is 0.344 e. The lowest BCUT2D eigenvalue weighted by Crippen LogP contribution is -2.18. The second-order valence-electron chi connectivity index (χ2n) is 5.94. The minimum absolute atomic E-state index is 0.0330. The van der Waals surface area contributed by atoms with Crippen molar-refractivity contribution in [2.75, 3.05) is 20.3 Å². The summed E-state index contributed by atoms with van der Waals surface area (Å²) in [6.45, 7) is 0.927. The van der Waals surface area contributed by atoms with E-state index >= 15 is 0 Å². The Bertz CT molecular complexity index is 954. The summed E-state index contributed by atoms with van der Waals surface area (Å²) in [5.74, 6) is -1.33. The average molecular weight is 404 g/mol. The number of hydrogen-bond acceptors (Lipinski definition) is 9. The van der Waals surface area contributed by atoms with Gasteiger partial charge in [-0.05, 0) is 30.7 Å². The normalized spacial score (nSPS) is 14.2. The van der Waals surface area contributed by atoms with Crippen molar-refractivity contribution in [3.63, 3.8) is 0 Å². The smallest absolute Gasteiger partial charge is 0.344 e. The van der Waals surface area contributed by atoms with Gasteiger partial charge in [-0.1, -0.05) is 0 Å². The highest BCUT2D eigenvalue weighted by Crippen LogP contribution is 2.34. The van der Waals surface area contributed by atoms with Crippen molar-refractivity contribution in [3.8, 4) is 11.5 Å². The predicted octanol–water partition coefficient (Wildman–Crippen LogP) is 3.17. The fourth-order valence-corrected chi connectivity index (χ4v) is 2.71. The molecule has 11 heteroatoms. The van der Waals surface area contributed by atoms with Crippen LogP contribution in [0.5, 0.6) is 11.5 Å². The number of hydrogen-bond donors (Lipinski definition) is 0. The zero-order valence-electron chi connectivity index (χ0n) is 15.2. The molecule has 0 aliphatic carbocycles. The van der Waals surface area contributed by atoms with E-state index in [1.54, 1.807) is 0 Å². The van der Waals surface area contributed by atoms with E-state index in [0.717, 1.165) is 12.5 Å². The van der Waals surface area contributed by atoms with Gasteiger partial charge in [0.15, 0.2) is 12.0 Å².